The van der Waals surface area contributed by atoms with Crippen molar-refractivity contribution >= 4 is 43.5 Å². The maximum atomic E-state index is 12.1. The molecule has 4 nitrogen and oxygen atoms in total. The first-order chi connectivity index (χ1) is 12.3. The van der Waals surface area contributed by atoms with Crippen LogP contribution >= 0.6 is 31.9 Å². The Kier molecular flexibility index (Phi) is 7.41. The van der Waals surface area contributed by atoms with Gasteiger partial charge < -0.3 is 4.74 Å². The first-order valence-electron chi connectivity index (χ1n) is 8.30. The number of amides is 1. The highest BCUT2D eigenvalue weighted by Crippen LogP contribution is 2.32. The normalized spacial score (nSPS) is 11.6. The van der Waals surface area contributed by atoms with E-state index in [1.807, 2.05) is 50.2 Å². The van der Waals surface area contributed by atoms with Crippen LogP contribution in [0.15, 0.2) is 50.4 Å². The molecule has 0 aliphatic heterocycles. The fourth-order valence-corrected chi connectivity index (χ4v) is 2.95. The zero-order valence-corrected chi connectivity index (χ0v) is 18.4. The van der Waals surface area contributed by atoms with Gasteiger partial charge >= 0.3 is 0 Å². The molecule has 0 aliphatic carbocycles. The fraction of sp³-hybridized carbons (Fsp3) is 0.300. The molecule has 0 spiro atoms. The summed E-state index contributed by atoms with van der Waals surface area (Å²) in [4.78, 5) is 12.1. The fourth-order valence-electron chi connectivity index (χ4n) is 2.32. The number of ether oxygens (including phenoxy) is 1. The van der Waals surface area contributed by atoms with Crippen molar-refractivity contribution in [1.29, 1.82) is 0 Å². The lowest BCUT2D eigenvalue weighted by Crippen LogP contribution is -2.26. The first-order valence-corrected chi connectivity index (χ1v) is 9.88. The summed E-state index contributed by atoms with van der Waals surface area (Å²) in [6.45, 7) is 7.94. The van der Waals surface area contributed by atoms with Gasteiger partial charge in [-0.3, -0.25) is 4.79 Å². The molecule has 1 N–H and O–H groups in total. The second-order valence-corrected chi connectivity index (χ2v) is 8.09. The van der Waals surface area contributed by atoms with Crippen molar-refractivity contribution in [3.8, 4) is 5.75 Å². The van der Waals surface area contributed by atoms with Crippen LogP contribution in [0.4, 0.5) is 0 Å². The molecule has 0 heterocycles. The van der Waals surface area contributed by atoms with Gasteiger partial charge in [0.25, 0.3) is 5.91 Å². The Hall–Kier alpha value is -1.66. The Bertz CT molecular complexity index is 815. The van der Waals surface area contributed by atoms with Crippen LogP contribution in [-0.4, -0.2) is 18.2 Å². The van der Waals surface area contributed by atoms with E-state index in [-0.39, 0.29) is 12.5 Å². The van der Waals surface area contributed by atoms with Crippen molar-refractivity contribution in [2.24, 2.45) is 5.10 Å². The summed E-state index contributed by atoms with van der Waals surface area (Å²) in [5.74, 6) is 0.726. The molecular formula is C20H22Br2N2O2. The molecule has 0 aromatic heterocycles. The number of hydrogen-bond acceptors (Lipinski definition) is 3. The number of hydrogen-bond donors (Lipinski definition) is 1. The van der Waals surface area contributed by atoms with E-state index in [2.05, 4.69) is 56.2 Å². The Morgan fingerprint density at radius 3 is 2.46 bits per heavy atom. The summed E-state index contributed by atoms with van der Waals surface area (Å²) in [5.41, 5.74) is 6.34. The predicted octanol–water partition coefficient (Wildman–Crippen LogP) is 5.56. The van der Waals surface area contributed by atoms with E-state index in [0.29, 0.717) is 5.92 Å². The molecular weight excluding hydrogens is 460 g/mol. The van der Waals surface area contributed by atoms with Crippen molar-refractivity contribution in [3.63, 3.8) is 0 Å². The standard InChI is InChI=1S/C20H22Br2N2O2/c1-12(2)17-10-18(22)13(3)9-19(17)26-11-20(25)24-23-14(4)15-5-7-16(21)8-6-15/h5-10,12H,11H2,1-4H3,(H,24,25)/b23-14-. The molecule has 138 valence electrons. The van der Waals surface area contributed by atoms with Gasteiger partial charge in [-0.25, -0.2) is 5.43 Å². The number of carbonyl (C=O) groups is 1. The van der Waals surface area contributed by atoms with Gasteiger partial charge in [-0.05, 0) is 60.7 Å². The second kappa shape index (κ2) is 9.33. The van der Waals surface area contributed by atoms with Gasteiger partial charge in [0.1, 0.15) is 5.75 Å². The van der Waals surface area contributed by atoms with Crippen LogP contribution in [0, 0.1) is 6.92 Å². The van der Waals surface area contributed by atoms with Crippen molar-refractivity contribution in [3.05, 3.63) is 62.0 Å². The number of aryl methyl sites for hydroxylation is 1. The van der Waals surface area contributed by atoms with E-state index in [9.17, 15) is 4.79 Å². The zero-order chi connectivity index (χ0) is 19.3. The molecule has 0 radical (unpaired) electrons. The number of nitrogens with one attached hydrogen (secondary N) is 1. The molecule has 0 saturated heterocycles. The minimum atomic E-state index is -0.295. The molecule has 0 aliphatic rings. The van der Waals surface area contributed by atoms with E-state index < -0.39 is 0 Å². The zero-order valence-electron chi connectivity index (χ0n) is 15.3. The summed E-state index contributed by atoms with van der Waals surface area (Å²) in [6.07, 6.45) is 0. The molecule has 0 unspecified atom stereocenters. The summed E-state index contributed by atoms with van der Waals surface area (Å²) >= 11 is 6.94. The number of carbonyl (C=O) groups excluding carboxylic acids is 1. The predicted molar refractivity (Wildman–Crippen MR) is 113 cm³/mol. The van der Waals surface area contributed by atoms with Gasteiger partial charge in [0, 0.05) is 8.95 Å². The third kappa shape index (κ3) is 5.68. The van der Waals surface area contributed by atoms with Gasteiger partial charge in [-0.1, -0.05) is 57.8 Å². The van der Waals surface area contributed by atoms with Crippen LogP contribution in [0.25, 0.3) is 0 Å². The molecule has 0 fully saturated rings. The van der Waals surface area contributed by atoms with Crippen molar-refractivity contribution in [1.82, 2.24) is 5.43 Å². The van der Waals surface area contributed by atoms with Crippen LogP contribution in [0.5, 0.6) is 5.75 Å². The smallest absolute Gasteiger partial charge is 0.277 e. The number of nitrogens with zero attached hydrogens (tertiary/aromatic N) is 1. The molecule has 26 heavy (non-hydrogen) atoms. The first kappa shape index (κ1) is 20.6. The third-order valence-corrected chi connectivity index (χ3v) is 5.27. The van der Waals surface area contributed by atoms with E-state index >= 15 is 0 Å². The number of hydrazone groups is 1. The average Bonchev–Trinajstić information content (AvgIpc) is 2.60. The Balaban J connectivity index is 2.00. The summed E-state index contributed by atoms with van der Waals surface area (Å²) in [6, 6.07) is 11.7. The number of benzene rings is 2. The van der Waals surface area contributed by atoms with E-state index in [4.69, 9.17) is 4.74 Å². The van der Waals surface area contributed by atoms with E-state index in [1.165, 1.54) is 0 Å². The van der Waals surface area contributed by atoms with E-state index in [0.717, 1.165) is 37.1 Å². The number of rotatable bonds is 6. The summed E-state index contributed by atoms with van der Waals surface area (Å²) < 4.78 is 7.77. The van der Waals surface area contributed by atoms with E-state index in [1.54, 1.807) is 0 Å². The van der Waals surface area contributed by atoms with Crippen molar-refractivity contribution in [2.45, 2.75) is 33.6 Å². The number of halogens is 2. The Labute approximate surface area is 171 Å². The minimum absolute atomic E-state index is 0.0854. The van der Waals surface area contributed by atoms with Gasteiger partial charge in [-0.15, -0.1) is 0 Å². The maximum absolute atomic E-state index is 12.1. The lowest BCUT2D eigenvalue weighted by molar-refractivity contribution is -0.123. The molecule has 6 heteroatoms. The van der Waals surface area contributed by atoms with Gasteiger partial charge in [0.15, 0.2) is 6.61 Å². The quantitative estimate of drug-likeness (QED) is 0.433. The lowest BCUT2D eigenvalue weighted by atomic mass is 10.0. The Morgan fingerprint density at radius 1 is 1.19 bits per heavy atom. The van der Waals surface area contributed by atoms with Crippen LogP contribution in [-0.2, 0) is 4.79 Å². The van der Waals surface area contributed by atoms with Crippen molar-refractivity contribution in [2.75, 3.05) is 6.61 Å². The van der Waals surface area contributed by atoms with Crippen LogP contribution in [0.2, 0.25) is 0 Å². The highest BCUT2D eigenvalue weighted by Gasteiger charge is 2.12. The highest BCUT2D eigenvalue weighted by atomic mass is 79.9. The topological polar surface area (TPSA) is 50.7 Å². The molecule has 1 amide bonds. The average molecular weight is 482 g/mol. The van der Waals surface area contributed by atoms with Crippen LogP contribution in [0.1, 0.15) is 43.4 Å². The SMILES string of the molecule is C/C(=N/NC(=O)COc1cc(C)c(Br)cc1C(C)C)c1ccc(Br)cc1. The third-order valence-electron chi connectivity index (χ3n) is 3.88. The molecule has 0 atom stereocenters. The molecule has 2 aromatic carbocycles. The van der Waals surface area contributed by atoms with Gasteiger partial charge in [0.05, 0.1) is 5.71 Å². The Morgan fingerprint density at radius 2 is 1.85 bits per heavy atom. The van der Waals surface area contributed by atoms with Gasteiger partial charge in [-0.2, -0.15) is 5.10 Å². The van der Waals surface area contributed by atoms with Gasteiger partial charge in [0.2, 0.25) is 0 Å². The second-order valence-electron chi connectivity index (χ2n) is 6.32. The van der Waals surface area contributed by atoms with Crippen LogP contribution in [0.3, 0.4) is 0 Å². The summed E-state index contributed by atoms with van der Waals surface area (Å²) in [5, 5.41) is 4.14. The van der Waals surface area contributed by atoms with Crippen molar-refractivity contribution < 1.29 is 9.53 Å². The van der Waals surface area contributed by atoms with Crippen LogP contribution < -0.4 is 10.2 Å². The summed E-state index contributed by atoms with van der Waals surface area (Å²) in [7, 11) is 0. The molecule has 2 aromatic rings. The minimum Gasteiger partial charge on any atom is -0.483 e. The maximum Gasteiger partial charge on any atom is 0.277 e. The largest absolute Gasteiger partial charge is 0.483 e. The lowest BCUT2D eigenvalue weighted by Gasteiger charge is -2.15. The molecule has 0 saturated carbocycles. The monoisotopic (exact) mass is 480 g/mol. The molecule has 0 bridgehead atoms. The molecule has 2 rings (SSSR count). The highest BCUT2D eigenvalue weighted by molar-refractivity contribution is 9.10.